The molecule has 0 unspecified atom stereocenters. The second kappa shape index (κ2) is 4.66. The first-order valence-electron chi connectivity index (χ1n) is 4.88. The smallest absolute Gasteiger partial charge is 0.326 e. The van der Waals surface area contributed by atoms with Crippen molar-refractivity contribution in [1.29, 1.82) is 0 Å². The number of H-pyrrole nitrogens is 1. The second-order valence-corrected chi connectivity index (χ2v) is 3.97. The minimum atomic E-state index is -0.477. The Hall–Kier alpha value is -1.70. The van der Waals surface area contributed by atoms with Gasteiger partial charge >= 0.3 is 5.97 Å². The summed E-state index contributed by atoms with van der Waals surface area (Å²) in [5.74, 6) is -0.477. The fourth-order valence-corrected chi connectivity index (χ4v) is 1.82. The predicted molar refractivity (Wildman–Crippen MR) is 62.5 cm³/mol. The molecule has 0 aliphatic rings. The van der Waals surface area contributed by atoms with Crippen molar-refractivity contribution in [2.45, 2.75) is 13.5 Å². The van der Waals surface area contributed by atoms with Crippen LogP contribution in [-0.4, -0.2) is 32.3 Å². The number of halogens is 1. The summed E-state index contributed by atoms with van der Waals surface area (Å²) in [6.45, 7) is 1.82. The van der Waals surface area contributed by atoms with Crippen molar-refractivity contribution in [2.75, 3.05) is 6.61 Å². The number of hydrogen-bond donors (Lipinski definition) is 1. The molecule has 0 aromatic carbocycles. The first-order chi connectivity index (χ1) is 8.13. The topological polar surface area (TPSA) is 89.9 Å². The molecule has 90 valence electrons. The SMILES string of the molecule is CCOC(=O)Cn1cnc2[nH]nc(Br)c2c1=O. The van der Waals surface area contributed by atoms with Crippen LogP contribution < -0.4 is 5.56 Å². The van der Waals surface area contributed by atoms with Crippen molar-refractivity contribution >= 4 is 32.9 Å². The van der Waals surface area contributed by atoms with Crippen LogP contribution in [0.3, 0.4) is 0 Å². The van der Waals surface area contributed by atoms with Gasteiger partial charge in [0.15, 0.2) is 5.65 Å². The number of carbonyl (C=O) groups excluding carboxylic acids is 1. The van der Waals surface area contributed by atoms with E-state index in [1.54, 1.807) is 6.92 Å². The van der Waals surface area contributed by atoms with Crippen LogP contribution in [0.25, 0.3) is 11.0 Å². The lowest BCUT2D eigenvalue weighted by atomic mass is 10.4. The molecule has 8 heteroatoms. The minimum Gasteiger partial charge on any atom is -0.465 e. The van der Waals surface area contributed by atoms with E-state index in [2.05, 4.69) is 31.1 Å². The lowest BCUT2D eigenvalue weighted by molar-refractivity contribution is -0.143. The van der Waals surface area contributed by atoms with Crippen LogP contribution in [0.2, 0.25) is 0 Å². The van der Waals surface area contributed by atoms with E-state index >= 15 is 0 Å². The molecule has 2 heterocycles. The Morgan fingerprint density at radius 3 is 3.12 bits per heavy atom. The number of nitrogens with one attached hydrogen (secondary N) is 1. The van der Waals surface area contributed by atoms with Gasteiger partial charge in [-0.3, -0.25) is 19.3 Å². The molecule has 7 nitrogen and oxygen atoms in total. The van der Waals surface area contributed by atoms with Crippen molar-refractivity contribution in [2.24, 2.45) is 0 Å². The first kappa shape index (κ1) is 11.8. The lowest BCUT2D eigenvalue weighted by Crippen LogP contribution is -2.25. The molecule has 17 heavy (non-hydrogen) atoms. The number of aromatic nitrogens is 4. The molecule has 0 fully saturated rings. The molecule has 1 N–H and O–H groups in total. The van der Waals surface area contributed by atoms with Crippen molar-refractivity contribution < 1.29 is 9.53 Å². The molecule has 0 aliphatic heterocycles. The summed E-state index contributed by atoms with van der Waals surface area (Å²) in [5, 5.41) is 6.73. The number of ether oxygens (including phenoxy) is 1. The third-order valence-corrected chi connectivity index (χ3v) is 2.68. The zero-order valence-electron chi connectivity index (χ0n) is 8.94. The Bertz CT molecular complexity index is 618. The van der Waals surface area contributed by atoms with E-state index in [1.165, 1.54) is 10.9 Å². The average Bonchev–Trinajstić information content (AvgIpc) is 2.65. The maximum Gasteiger partial charge on any atom is 0.326 e. The van der Waals surface area contributed by atoms with E-state index in [4.69, 9.17) is 4.74 Å². The van der Waals surface area contributed by atoms with Crippen LogP contribution in [0.1, 0.15) is 6.92 Å². The molecule has 0 spiro atoms. The monoisotopic (exact) mass is 300 g/mol. The number of fused-ring (bicyclic) bond motifs is 1. The van der Waals surface area contributed by atoms with Crippen molar-refractivity contribution in [1.82, 2.24) is 19.7 Å². The van der Waals surface area contributed by atoms with E-state index in [9.17, 15) is 9.59 Å². The molecular formula is C9H9BrN4O3. The molecule has 0 saturated carbocycles. The molecule has 0 radical (unpaired) electrons. The summed E-state index contributed by atoms with van der Waals surface area (Å²) in [6, 6.07) is 0. The molecule has 0 amide bonds. The summed E-state index contributed by atoms with van der Waals surface area (Å²) in [6.07, 6.45) is 1.28. The molecule has 0 aliphatic carbocycles. The van der Waals surface area contributed by atoms with Gasteiger partial charge in [-0.1, -0.05) is 0 Å². The van der Waals surface area contributed by atoms with E-state index in [1.807, 2.05) is 0 Å². The molecular weight excluding hydrogens is 292 g/mol. The summed E-state index contributed by atoms with van der Waals surface area (Å²) in [7, 11) is 0. The van der Waals surface area contributed by atoms with Gasteiger partial charge in [-0.05, 0) is 22.9 Å². The summed E-state index contributed by atoms with van der Waals surface area (Å²) in [5.41, 5.74) is 0.0330. The Balaban J connectivity index is 2.42. The van der Waals surface area contributed by atoms with Crippen LogP contribution in [0.4, 0.5) is 0 Å². The van der Waals surface area contributed by atoms with Gasteiger partial charge in [0.2, 0.25) is 0 Å². The standard InChI is InChI=1S/C9H9BrN4O3/c1-2-17-5(15)3-14-4-11-8-6(9(14)16)7(10)12-13-8/h4H,2-3H2,1H3,(H,12,13). The summed E-state index contributed by atoms with van der Waals surface area (Å²) >= 11 is 3.14. The highest BCUT2D eigenvalue weighted by Crippen LogP contribution is 2.14. The van der Waals surface area contributed by atoms with Crippen molar-refractivity contribution in [3.63, 3.8) is 0 Å². The number of esters is 1. The van der Waals surface area contributed by atoms with Gasteiger partial charge in [0.25, 0.3) is 5.56 Å². The molecule has 0 atom stereocenters. The Kier molecular flexibility index (Phi) is 3.23. The van der Waals surface area contributed by atoms with Crippen molar-refractivity contribution in [3.05, 3.63) is 21.3 Å². The number of nitrogens with zero attached hydrogens (tertiary/aromatic N) is 3. The van der Waals surface area contributed by atoms with Gasteiger partial charge in [0.1, 0.15) is 22.9 Å². The average molecular weight is 301 g/mol. The fraction of sp³-hybridized carbons (Fsp3) is 0.333. The highest BCUT2D eigenvalue weighted by Gasteiger charge is 2.12. The van der Waals surface area contributed by atoms with E-state index in [-0.39, 0.29) is 18.7 Å². The third-order valence-electron chi connectivity index (χ3n) is 2.11. The fourth-order valence-electron chi connectivity index (χ4n) is 1.38. The Morgan fingerprint density at radius 1 is 1.65 bits per heavy atom. The number of hydrogen-bond acceptors (Lipinski definition) is 5. The van der Waals surface area contributed by atoms with E-state index in [0.29, 0.717) is 15.6 Å². The third kappa shape index (κ3) is 2.21. The van der Waals surface area contributed by atoms with Crippen LogP contribution in [0, 0.1) is 0 Å². The first-order valence-corrected chi connectivity index (χ1v) is 5.67. The molecule has 2 rings (SSSR count). The predicted octanol–water partition coefficient (Wildman–Crippen LogP) is 0.445. The minimum absolute atomic E-state index is 0.159. The normalized spacial score (nSPS) is 10.7. The zero-order valence-corrected chi connectivity index (χ0v) is 10.5. The van der Waals surface area contributed by atoms with Crippen LogP contribution >= 0.6 is 15.9 Å². The number of aromatic amines is 1. The Morgan fingerprint density at radius 2 is 2.41 bits per heavy atom. The highest BCUT2D eigenvalue weighted by atomic mass is 79.9. The van der Waals surface area contributed by atoms with Crippen LogP contribution in [0.5, 0.6) is 0 Å². The number of rotatable bonds is 3. The lowest BCUT2D eigenvalue weighted by Gasteiger charge is -2.04. The largest absolute Gasteiger partial charge is 0.465 e. The van der Waals surface area contributed by atoms with Gasteiger partial charge < -0.3 is 4.74 Å². The van der Waals surface area contributed by atoms with Gasteiger partial charge in [-0.2, -0.15) is 5.10 Å². The van der Waals surface area contributed by atoms with Crippen LogP contribution in [-0.2, 0) is 16.1 Å². The van der Waals surface area contributed by atoms with Crippen LogP contribution in [0.15, 0.2) is 15.7 Å². The quantitative estimate of drug-likeness (QED) is 0.831. The maximum absolute atomic E-state index is 12.0. The highest BCUT2D eigenvalue weighted by molar-refractivity contribution is 9.10. The summed E-state index contributed by atoms with van der Waals surface area (Å²) in [4.78, 5) is 27.2. The molecule has 0 bridgehead atoms. The maximum atomic E-state index is 12.0. The summed E-state index contributed by atoms with van der Waals surface area (Å²) < 4.78 is 6.32. The van der Waals surface area contributed by atoms with E-state index in [0.717, 1.165) is 0 Å². The van der Waals surface area contributed by atoms with Gasteiger partial charge in [0.05, 0.1) is 6.61 Å². The molecule has 2 aromatic rings. The van der Waals surface area contributed by atoms with Gasteiger partial charge in [-0.15, -0.1) is 0 Å². The Labute approximate surface area is 104 Å². The van der Waals surface area contributed by atoms with Gasteiger partial charge in [-0.25, -0.2) is 4.98 Å². The van der Waals surface area contributed by atoms with Crippen molar-refractivity contribution in [3.8, 4) is 0 Å². The molecule has 0 saturated heterocycles. The second-order valence-electron chi connectivity index (χ2n) is 3.22. The van der Waals surface area contributed by atoms with Gasteiger partial charge in [0, 0.05) is 0 Å². The zero-order chi connectivity index (χ0) is 12.4. The number of carbonyl (C=O) groups is 1. The molecule has 2 aromatic heterocycles. The van der Waals surface area contributed by atoms with E-state index < -0.39 is 5.97 Å².